The van der Waals surface area contributed by atoms with Crippen LogP contribution in [-0.2, 0) is 0 Å². The van der Waals surface area contributed by atoms with E-state index in [2.05, 4.69) is 32.6 Å². The van der Waals surface area contributed by atoms with Gasteiger partial charge in [0.2, 0.25) is 0 Å². The largest absolute Gasteiger partial charge is 0.368 e. The van der Waals surface area contributed by atoms with Gasteiger partial charge in [-0.25, -0.2) is 4.39 Å². The number of nitrogens with two attached hydrogens (primary N) is 1. The van der Waals surface area contributed by atoms with Gasteiger partial charge < -0.3 is 10.6 Å². The van der Waals surface area contributed by atoms with Crippen LogP contribution in [-0.4, -0.2) is 12.6 Å². The van der Waals surface area contributed by atoms with E-state index in [0.29, 0.717) is 17.5 Å². The second-order valence-electron chi connectivity index (χ2n) is 5.98. The van der Waals surface area contributed by atoms with E-state index in [1.54, 1.807) is 6.07 Å². The van der Waals surface area contributed by atoms with Crippen molar-refractivity contribution in [2.24, 2.45) is 11.7 Å². The molecule has 0 radical (unpaired) electrons. The second kappa shape index (κ2) is 7.63. The van der Waals surface area contributed by atoms with Gasteiger partial charge in [0, 0.05) is 29.9 Å². The average Bonchev–Trinajstić information content (AvgIpc) is 2.37. The molecule has 0 spiro atoms. The summed E-state index contributed by atoms with van der Waals surface area (Å²) in [6, 6.07) is 5.42. The van der Waals surface area contributed by atoms with Gasteiger partial charge in [-0.1, -0.05) is 33.8 Å². The van der Waals surface area contributed by atoms with Gasteiger partial charge in [0.25, 0.3) is 0 Å². The highest BCUT2D eigenvalue weighted by molar-refractivity contribution is 5.56. The third kappa shape index (κ3) is 3.95. The van der Waals surface area contributed by atoms with E-state index >= 15 is 0 Å². The van der Waals surface area contributed by atoms with Crippen molar-refractivity contribution in [2.75, 3.05) is 11.4 Å². The predicted molar refractivity (Wildman–Crippen MR) is 85.6 cm³/mol. The molecule has 0 bridgehead atoms. The van der Waals surface area contributed by atoms with Crippen molar-refractivity contribution in [2.45, 2.75) is 59.5 Å². The van der Waals surface area contributed by atoms with E-state index in [-0.39, 0.29) is 11.9 Å². The summed E-state index contributed by atoms with van der Waals surface area (Å²) in [7, 11) is 0. The lowest BCUT2D eigenvalue weighted by Crippen LogP contribution is -2.38. The predicted octanol–water partition coefficient (Wildman–Crippen LogP) is 4.50. The fraction of sp³-hybridized carbons (Fsp3) is 0.647. The highest BCUT2D eigenvalue weighted by Crippen LogP contribution is 2.31. The minimum Gasteiger partial charge on any atom is -0.368 e. The van der Waals surface area contributed by atoms with E-state index in [4.69, 9.17) is 5.73 Å². The molecule has 2 N–H and O–H groups in total. The zero-order valence-electron chi connectivity index (χ0n) is 13.5. The van der Waals surface area contributed by atoms with Gasteiger partial charge in [0.05, 0.1) is 0 Å². The number of halogens is 1. The zero-order valence-corrected chi connectivity index (χ0v) is 13.5. The Morgan fingerprint density at radius 1 is 1.15 bits per heavy atom. The van der Waals surface area contributed by atoms with E-state index in [9.17, 15) is 4.39 Å². The molecule has 0 heterocycles. The molecule has 20 heavy (non-hydrogen) atoms. The third-order valence-corrected chi connectivity index (χ3v) is 3.74. The maximum atomic E-state index is 14.2. The summed E-state index contributed by atoms with van der Waals surface area (Å²) < 4.78 is 14.2. The van der Waals surface area contributed by atoms with Crippen molar-refractivity contribution in [1.82, 2.24) is 0 Å². The summed E-state index contributed by atoms with van der Waals surface area (Å²) in [6.45, 7) is 11.5. The Labute approximate surface area is 123 Å². The van der Waals surface area contributed by atoms with E-state index < -0.39 is 0 Å². The molecular formula is C17H29FN2. The standard InChI is InChI=1S/C17H29FN2/c1-6-14(7-2)20(11-12(3)4)16-10-8-9-15(18)17(16)13(5)19/h8-10,12-14H,6-7,11,19H2,1-5H3/t13-/m0/s1. The second-order valence-corrected chi connectivity index (χ2v) is 5.98. The van der Waals surface area contributed by atoms with Gasteiger partial charge in [0.1, 0.15) is 5.82 Å². The summed E-state index contributed by atoms with van der Waals surface area (Å²) in [5.74, 6) is 0.331. The van der Waals surface area contributed by atoms with Crippen LogP contribution < -0.4 is 10.6 Å². The lowest BCUT2D eigenvalue weighted by molar-refractivity contribution is 0.501. The minimum absolute atomic E-state index is 0.197. The Kier molecular flexibility index (Phi) is 6.47. The van der Waals surface area contributed by atoms with Crippen molar-refractivity contribution in [3.8, 4) is 0 Å². The van der Waals surface area contributed by atoms with E-state index in [0.717, 1.165) is 25.1 Å². The molecule has 0 saturated carbocycles. The number of hydrogen-bond donors (Lipinski definition) is 1. The molecule has 0 saturated heterocycles. The molecule has 0 aromatic heterocycles. The Bertz CT molecular complexity index is 411. The lowest BCUT2D eigenvalue weighted by atomic mass is 10.0. The first-order valence-electron chi connectivity index (χ1n) is 7.72. The van der Waals surface area contributed by atoms with Crippen molar-refractivity contribution in [3.63, 3.8) is 0 Å². The molecule has 1 rings (SSSR count). The van der Waals surface area contributed by atoms with Crippen LogP contribution in [0.4, 0.5) is 10.1 Å². The Morgan fingerprint density at radius 2 is 1.75 bits per heavy atom. The zero-order chi connectivity index (χ0) is 15.3. The Balaban J connectivity index is 3.29. The van der Waals surface area contributed by atoms with Crippen molar-refractivity contribution < 1.29 is 4.39 Å². The normalized spacial score (nSPS) is 13.1. The van der Waals surface area contributed by atoms with Gasteiger partial charge in [-0.05, 0) is 37.8 Å². The van der Waals surface area contributed by atoms with Crippen LogP contribution in [0.5, 0.6) is 0 Å². The maximum Gasteiger partial charge on any atom is 0.130 e. The number of nitrogens with zero attached hydrogens (tertiary/aromatic N) is 1. The molecule has 0 aliphatic rings. The molecule has 114 valence electrons. The van der Waals surface area contributed by atoms with E-state index in [1.165, 1.54) is 6.07 Å². The maximum absolute atomic E-state index is 14.2. The number of benzene rings is 1. The average molecular weight is 280 g/mol. The van der Waals surface area contributed by atoms with Gasteiger partial charge in [-0.15, -0.1) is 0 Å². The molecule has 0 aliphatic carbocycles. The molecule has 3 heteroatoms. The van der Waals surface area contributed by atoms with Crippen LogP contribution in [0.1, 0.15) is 59.1 Å². The first-order chi connectivity index (χ1) is 9.42. The summed E-state index contributed by atoms with van der Waals surface area (Å²) >= 11 is 0. The monoisotopic (exact) mass is 280 g/mol. The first kappa shape index (κ1) is 17.0. The fourth-order valence-electron chi connectivity index (χ4n) is 2.79. The van der Waals surface area contributed by atoms with Crippen LogP contribution in [0.2, 0.25) is 0 Å². The molecular weight excluding hydrogens is 251 g/mol. The molecule has 0 aliphatic heterocycles. The van der Waals surface area contributed by atoms with Gasteiger partial charge in [-0.3, -0.25) is 0 Å². The lowest BCUT2D eigenvalue weighted by Gasteiger charge is -2.36. The highest BCUT2D eigenvalue weighted by atomic mass is 19.1. The van der Waals surface area contributed by atoms with Crippen LogP contribution in [0.15, 0.2) is 18.2 Å². The van der Waals surface area contributed by atoms with Gasteiger partial charge in [-0.2, -0.15) is 0 Å². The van der Waals surface area contributed by atoms with Gasteiger partial charge >= 0.3 is 0 Å². The van der Waals surface area contributed by atoms with Crippen LogP contribution in [0.25, 0.3) is 0 Å². The minimum atomic E-state index is -0.296. The van der Waals surface area contributed by atoms with Crippen LogP contribution in [0.3, 0.4) is 0 Å². The molecule has 1 aromatic carbocycles. The number of anilines is 1. The Morgan fingerprint density at radius 3 is 2.20 bits per heavy atom. The number of rotatable bonds is 7. The SMILES string of the molecule is CCC(CC)N(CC(C)C)c1cccc(F)c1[C@H](C)N. The first-order valence-corrected chi connectivity index (χ1v) is 7.72. The fourth-order valence-corrected chi connectivity index (χ4v) is 2.79. The molecule has 2 nitrogen and oxygen atoms in total. The topological polar surface area (TPSA) is 29.3 Å². The molecule has 0 amide bonds. The molecule has 1 aromatic rings. The number of hydrogen-bond acceptors (Lipinski definition) is 2. The Hall–Kier alpha value is -1.09. The van der Waals surface area contributed by atoms with Crippen molar-refractivity contribution >= 4 is 5.69 Å². The van der Waals surface area contributed by atoms with Gasteiger partial charge in [0.15, 0.2) is 0 Å². The molecule has 1 atom stereocenters. The van der Waals surface area contributed by atoms with Crippen LogP contribution in [0, 0.1) is 11.7 Å². The summed E-state index contributed by atoms with van der Waals surface area (Å²) in [4.78, 5) is 2.34. The van der Waals surface area contributed by atoms with E-state index in [1.807, 2.05) is 13.0 Å². The van der Waals surface area contributed by atoms with Crippen molar-refractivity contribution in [3.05, 3.63) is 29.6 Å². The summed E-state index contributed by atoms with van der Waals surface area (Å²) in [6.07, 6.45) is 2.11. The summed E-state index contributed by atoms with van der Waals surface area (Å²) in [5.41, 5.74) is 7.60. The molecule has 0 unspecified atom stereocenters. The van der Waals surface area contributed by atoms with Crippen LogP contribution >= 0.6 is 0 Å². The molecule has 0 fully saturated rings. The van der Waals surface area contributed by atoms with Crippen molar-refractivity contribution in [1.29, 1.82) is 0 Å². The quantitative estimate of drug-likeness (QED) is 0.797. The summed E-state index contributed by atoms with van der Waals surface area (Å²) in [5, 5.41) is 0. The smallest absolute Gasteiger partial charge is 0.130 e. The highest BCUT2D eigenvalue weighted by Gasteiger charge is 2.22. The third-order valence-electron chi connectivity index (χ3n) is 3.74.